The molecule has 0 aliphatic rings. The number of amides is 1. The molecule has 28 heavy (non-hydrogen) atoms. The molecule has 3 aromatic heterocycles. The van der Waals surface area contributed by atoms with Crippen molar-refractivity contribution in [1.82, 2.24) is 15.0 Å². The standard InChI is InChI=1S/C20H18N6OS/c1-26(15-6-3-7-22-11-15)20(27)14-5-2-4-13(8-14)9-16-10-17-18(25-21)23-12-24-19(17)28-16/h2-8,10-12H,9,21H2,1H3,(H,23,24,25). The van der Waals surface area contributed by atoms with Crippen molar-refractivity contribution in [2.75, 3.05) is 17.4 Å². The van der Waals surface area contributed by atoms with E-state index in [0.717, 1.165) is 26.3 Å². The number of benzene rings is 1. The van der Waals surface area contributed by atoms with Crippen molar-refractivity contribution in [2.45, 2.75) is 6.42 Å². The molecule has 8 heteroatoms. The molecular weight excluding hydrogens is 372 g/mol. The van der Waals surface area contributed by atoms with E-state index in [1.165, 1.54) is 6.33 Å². The third-order valence-electron chi connectivity index (χ3n) is 4.41. The highest BCUT2D eigenvalue weighted by molar-refractivity contribution is 7.18. The molecule has 0 aliphatic carbocycles. The maximum Gasteiger partial charge on any atom is 0.258 e. The largest absolute Gasteiger partial charge is 0.310 e. The fourth-order valence-corrected chi connectivity index (χ4v) is 4.02. The number of nitrogens with two attached hydrogens (primary N) is 1. The number of nitrogen functional groups attached to an aromatic ring is 1. The van der Waals surface area contributed by atoms with Crippen LogP contribution in [0.3, 0.4) is 0 Å². The Hall–Kier alpha value is -3.36. The van der Waals surface area contributed by atoms with Gasteiger partial charge in [-0.2, -0.15) is 0 Å². The Kier molecular flexibility index (Phi) is 4.96. The molecule has 0 bridgehead atoms. The summed E-state index contributed by atoms with van der Waals surface area (Å²) in [5.74, 6) is 6.05. The maximum atomic E-state index is 12.8. The van der Waals surface area contributed by atoms with E-state index in [1.807, 2.05) is 42.5 Å². The Balaban J connectivity index is 1.58. The number of hydrogen-bond donors (Lipinski definition) is 2. The van der Waals surface area contributed by atoms with Gasteiger partial charge in [-0.3, -0.25) is 9.78 Å². The summed E-state index contributed by atoms with van der Waals surface area (Å²) in [6.07, 6.45) is 5.54. The third-order valence-corrected chi connectivity index (χ3v) is 5.45. The van der Waals surface area contributed by atoms with E-state index in [4.69, 9.17) is 5.84 Å². The average Bonchev–Trinajstić information content (AvgIpc) is 3.16. The lowest BCUT2D eigenvalue weighted by Crippen LogP contribution is -2.26. The van der Waals surface area contributed by atoms with Crippen molar-refractivity contribution >= 4 is 39.0 Å². The van der Waals surface area contributed by atoms with Crippen molar-refractivity contribution in [3.63, 3.8) is 0 Å². The Morgan fingerprint density at radius 3 is 2.89 bits per heavy atom. The van der Waals surface area contributed by atoms with E-state index in [1.54, 1.807) is 35.7 Å². The lowest BCUT2D eigenvalue weighted by molar-refractivity contribution is 0.0993. The van der Waals surface area contributed by atoms with Gasteiger partial charge in [0.1, 0.15) is 11.2 Å². The number of nitrogens with zero attached hydrogens (tertiary/aromatic N) is 4. The second-order valence-corrected chi connectivity index (χ2v) is 7.37. The number of hydrazine groups is 1. The lowest BCUT2D eigenvalue weighted by Gasteiger charge is -2.17. The molecule has 0 unspecified atom stereocenters. The smallest absolute Gasteiger partial charge is 0.258 e. The molecule has 1 amide bonds. The molecule has 4 rings (SSSR count). The second kappa shape index (κ2) is 7.71. The summed E-state index contributed by atoms with van der Waals surface area (Å²) < 4.78 is 0. The topological polar surface area (TPSA) is 97.0 Å². The second-order valence-electron chi connectivity index (χ2n) is 6.25. The van der Waals surface area contributed by atoms with Gasteiger partial charge in [-0.1, -0.05) is 12.1 Å². The summed E-state index contributed by atoms with van der Waals surface area (Å²) >= 11 is 1.59. The van der Waals surface area contributed by atoms with Crippen molar-refractivity contribution < 1.29 is 4.79 Å². The molecule has 7 nitrogen and oxygen atoms in total. The average molecular weight is 390 g/mol. The molecule has 0 radical (unpaired) electrons. The van der Waals surface area contributed by atoms with Crippen LogP contribution in [0.5, 0.6) is 0 Å². The zero-order chi connectivity index (χ0) is 19.5. The van der Waals surface area contributed by atoms with E-state index in [-0.39, 0.29) is 5.91 Å². The number of carbonyl (C=O) groups excluding carboxylic acids is 1. The van der Waals surface area contributed by atoms with Crippen molar-refractivity contribution in [3.05, 3.63) is 77.2 Å². The monoisotopic (exact) mass is 390 g/mol. The maximum absolute atomic E-state index is 12.8. The van der Waals surface area contributed by atoms with Crippen LogP contribution in [-0.2, 0) is 6.42 Å². The third kappa shape index (κ3) is 3.55. The van der Waals surface area contributed by atoms with Gasteiger partial charge in [0.25, 0.3) is 5.91 Å². The molecule has 1 aromatic carbocycles. The van der Waals surface area contributed by atoms with Gasteiger partial charge in [-0.05, 0) is 35.9 Å². The molecule has 3 heterocycles. The molecule has 3 N–H and O–H groups in total. The number of pyridine rings is 1. The van der Waals surface area contributed by atoms with Gasteiger partial charge in [0.15, 0.2) is 5.82 Å². The number of nitrogens with one attached hydrogen (secondary N) is 1. The van der Waals surface area contributed by atoms with Gasteiger partial charge in [0, 0.05) is 30.1 Å². The summed E-state index contributed by atoms with van der Waals surface area (Å²) in [6, 6.07) is 13.4. The first-order valence-corrected chi connectivity index (χ1v) is 9.44. The first-order chi connectivity index (χ1) is 13.7. The zero-order valence-corrected chi connectivity index (χ0v) is 16.0. The van der Waals surface area contributed by atoms with E-state index in [9.17, 15) is 4.79 Å². The fourth-order valence-electron chi connectivity index (χ4n) is 2.99. The van der Waals surface area contributed by atoms with Gasteiger partial charge < -0.3 is 10.3 Å². The van der Waals surface area contributed by atoms with E-state index in [2.05, 4.69) is 20.4 Å². The van der Waals surface area contributed by atoms with Gasteiger partial charge >= 0.3 is 0 Å². The summed E-state index contributed by atoms with van der Waals surface area (Å²) in [4.78, 5) is 28.9. The Morgan fingerprint density at radius 2 is 2.11 bits per heavy atom. The van der Waals surface area contributed by atoms with E-state index < -0.39 is 0 Å². The van der Waals surface area contributed by atoms with Crippen LogP contribution in [-0.4, -0.2) is 27.9 Å². The molecule has 0 aliphatic heterocycles. The van der Waals surface area contributed by atoms with Gasteiger partial charge in [0.2, 0.25) is 0 Å². The van der Waals surface area contributed by atoms with Crippen LogP contribution in [0.2, 0.25) is 0 Å². The number of hydrogen-bond acceptors (Lipinski definition) is 7. The number of carbonyl (C=O) groups is 1. The lowest BCUT2D eigenvalue weighted by atomic mass is 10.1. The number of aromatic nitrogens is 3. The molecule has 0 fully saturated rings. The molecular formula is C20H18N6OS. The molecule has 0 saturated heterocycles. The van der Waals surface area contributed by atoms with Crippen LogP contribution in [0.25, 0.3) is 10.2 Å². The minimum Gasteiger partial charge on any atom is -0.310 e. The van der Waals surface area contributed by atoms with Crippen LogP contribution >= 0.6 is 11.3 Å². The van der Waals surface area contributed by atoms with Crippen LogP contribution in [0.15, 0.2) is 61.2 Å². The highest BCUT2D eigenvalue weighted by atomic mass is 32.1. The quantitative estimate of drug-likeness (QED) is 0.401. The fraction of sp³-hybridized carbons (Fsp3) is 0.100. The highest BCUT2D eigenvalue weighted by Gasteiger charge is 2.15. The van der Waals surface area contributed by atoms with E-state index >= 15 is 0 Å². The SMILES string of the molecule is CN(C(=O)c1cccc(Cc2cc3c(NN)ncnc3s2)c1)c1cccnc1. The first-order valence-electron chi connectivity index (χ1n) is 8.63. The van der Waals surface area contributed by atoms with Crippen molar-refractivity contribution in [1.29, 1.82) is 0 Å². The summed E-state index contributed by atoms with van der Waals surface area (Å²) in [5.41, 5.74) is 5.03. The van der Waals surface area contributed by atoms with Crippen LogP contribution < -0.4 is 16.2 Å². The van der Waals surface area contributed by atoms with E-state index in [0.29, 0.717) is 17.8 Å². The predicted octanol–water partition coefficient (Wildman–Crippen LogP) is 3.24. The van der Waals surface area contributed by atoms with Gasteiger partial charge in [-0.25, -0.2) is 15.8 Å². The summed E-state index contributed by atoms with van der Waals surface area (Å²) in [7, 11) is 1.75. The summed E-state index contributed by atoms with van der Waals surface area (Å²) in [6.45, 7) is 0. The van der Waals surface area contributed by atoms with Crippen LogP contribution in [0.1, 0.15) is 20.8 Å². The minimum absolute atomic E-state index is 0.0772. The number of fused-ring (bicyclic) bond motifs is 1. The summed E-state index contributed by atoms with van der Waals surface area (Å²) in [5, 5.41) is 0.897. The minimum atomic E-state index is -0.0772. The Morgan fingerprint density at radius 1 is 1.21 bits per heavy atom. The Labute approximate surface area is 165 Å². The molecule has 4 aromatic rings. The predicted molar refractivity (Wildman–Crippen MR) is 111 cm³/mol. The number of thiophene rings is 1. The highest BCUT2D eigenvalue weighted by Crippen LogP contribution is 2.29. The molecule has 0 spiro atoms. The van der Waals surface area contributed by atoms with Gasteiger partial charge in [0.05, 0.1) is 17.3 Å². The first kappa shape index (κ1) is 18.0. The van der Waals surface area contributed by atoms with Crippen molar-refractivity contribution in [2.24, 2.45) is 5.84 Å². The van der Waals surface area contributed by atoms with Gasteiger partial charge in [-0.15, -0.1) is 11.3 Å². The number of anilines is 2. The Bertz CT molecular complexity index is 1130. The van der Waals surface area contributed by atoms with Crippen LogP contribution in [0.4, 0.5) is 11.5 Å². The van der Waals surface area contributed by atoms with Crippen LogP contribution in [0, 0.1) is 0 Å². The molecule has 140 valence electrons. The molecule has 0 atom stereocenters. The zero-order valence-electron chi connectivity index (χ0n) is 15.2. The molecule has 0 saturated carbocycles. The normalized spacial score (nSPS) is 10.8. The van der Waals surface area contributed by atoms with Crippen molar-refractivity contribution in [3.8, 4) is 0 Å². The number of rotatable bonds is 5.